The van der Waals surface area contributed by atoms with E-state index in [0.717, 1.165) is 37.2 Å². The summed E-state index contributed by atoms with van der Waals surface area (Å²) in [5.41, 5.74) is 1.48. The number of carbonyl (C=O) groups is 1. The number of likely N-dealkylation sites (tertiary alicyclic amines) is 1. The van der Waals surface area contributed by atoms with Crippen LogP contribution in [0.1, 0.15) is 25.7 Å². The van der Waals surface area contributed by atoms with Crippen molar-refractivity contribution < 1.29 is 18.8 Å². The summed E-state index contributed by atoms with van der Waals surface area (Å²) in [6, 6.07) is 14.8. The van der Waals surface area contributed by atoms with E-state index in [4.69, 9.17) is 14.0 Å². The molecule has 0 spiro atoms. The van der Waals surface area contributed by atoms with Crippen LogP contribution in [0.5, 0.6) is 11.5 Å². The lowest BCUT2D eigenvalue weighted by Gasteiger charge is -2.20. The first kappa shape index (κ1) is 19.9. The van der Waals surface area contributed by atoms with Crippen LogP contribution in [0.25, 0.3) is 22.8 Å². The minimum absolute atomic E-state index is 0.000200. The van der Waals surface area contributed by atoms with Gasteiger partial charge in [-0.1, -0.05) is 30.1 Å². The third-order valence-corrected chi connectivity index (χ3v) is 5.20. The van der Waals surface area contributed by atoms with Crippen molar-refractivity contribution in [3.05, 3.63) is 48.5 Å². The highest BCUT2D eigenvalue weighted by atomic mass is 16.5. The van der Waals surface area contributed by atoms with Gasteiger partial charge < -0.3 is 18.9 Å². The van der Waals surface area contributed by atoms with Crippen molar-refractivity contribution in [2.75, 3.05) is 26.8 Å². The van der Waals surface area contributed by atoms with Crippen LogP contribution in [0.2, 0.25) is 0 Å². The van der Waals surface area contributed by atoms with Gasteiger partial charge in [0.05, 0.1) is 12.7 Å². The van der Waals surface area contributed by atoms with E-state index in [-0.39, 0.29) is 12.5 Å². The van der Waals surface area contributed by atoms with Gasteiger partial charge >= 0.3 is 0 Å². The van der Waals surface area contributed by atoms with Crippen LogP contribution in [-0.2, 0) is 4.79 Å². The lowest BCUT2D eigenvalue weighted by Crippen LogP contribution is -2.35. The van der Waals surface area contributed by atoms with Gasteiger partial charge in [-0.3, -0.25) is 4.79 Å². The molecule has 4 rings (SSSR count). The smallest absolute Gasteiger partial charge is 0.260 e. The second-order valence-corrected chi connectivity index (χ2v) is 7.23. The molecule has 2 aromatic carbocycles. The molecular weight excluding hydrogens is 382 g/mol. The number of ether oxygens (including phenoxy) is 2. The number of methoxy groups -OCH3 is 1. The molecule has 0 aliphatic carbocycles. The highest BCUT2D eigenvalue weighted by Gasteiger charge is 2.18. The SMILES string of the molecule is COc1ccc(-c2nc(-c3ccccc3OCC(=O)N3CCCCCC3)no2)cc1. The molecule has 0 unspecified atom stereocenters. The molecule has 0 bridgehead atoms. The van der Waals surface area contributed by atoms with E-state index in [1.165, 1.54) is 12.8 Å². The van der Waals surface area contributed by atoms with Crippen molar-refractivity contribution in [3.63, 3.8) is 0 Å². The normalized spacial score (nSPS) is 14.2. The molecule has 1 aliphatic rings. The molecule has 3 aromatic rings. The Balaban J connectivity index is 1.48. The van der Waals surface area contributed by atoms with Crippen LogP contribution in [0.3, 0.4) is 0 Å². The fourth-order valence-electron chi connectivity index (χ4n) is 3.51. The first-order chi connectivity index (χ1) is 14.7. The molecule has 2 heterocycles. The zero-order valence-electron chi connectivity index (χ0n) is 17.0. The fourth-order valence-corrected chi connectivity index (χ4v) is 3.51. The molecule has 1 aromatic heterocycles. The quantitative estimate of drug-likeness (QED) is 0.610. The maximum atomic E-state index is 12.6. The predicted molar refractivity (Wildman–Crippen MR) is 112 cm³/mol. The second-order valence-electron chi connectivity index (χ2n) is 7.23. The molecule has 1 fully saturated rings. The molecule has 1 saturated heterocycles. The molecule has 30 heavy (non-hydrogen) atoms. The Morgan fingerprint density at radius 3 is 2.50 bits per heavy atom. The number of amides is 1. The maximum absolute atomic E-state index is 12.6. The minimum atomic E-state index is 0.000200. The Morgan fingerprint density at radius 1 is 1.03 bits per heavy atom. The third kappa shape index (κ3) is 4.62. The lowest BCUT2D eigenvalue weighted by molar-refractivity contribution is -0.133. The largest absolute Gasteiger partial charge is 0.497 e. The Hall–Kier alpha value is -3.35. The van der Waals surface area contributed by atoms with E-state index in [9.17, 15) is 4.79 Å². The molecule has 0 atom stereocenters. The summed E-state index contributed by atoms with van der Waals surface area (Å²) in [5, 5.41) is 4.10. The zero-order chi connectivity index (χ0) is 20.8. The van der Waals surface area contributed by atoms with E-state index in [0.29, 0.717) is 23.0 Å². The number of aromatic nitrogens is 2. The zero-order valence-corrected chi connectivity index (χ0v) is 17.0. The topological polar surface area (TPSA) is 77.7 Å². The Morgan fingerprint density at radius 2 is 1.77 bits per heavy atom. The number of carbonyl (C=O) groups excluding carboxylic acids is 1. The molecule has 0 N–H and O–H groups in total. The van der Waals surface area contributed by atoms with Gasteiger partial charge in [0, 0.05) is 18.7 Å². The Kier molecular flexibility index (Phi) is 6.27. The summed E-state index contributed by atoms with van der Waals surface area (Å²) in [6.07, 6.45) is 4.47. The van der Waals surface area contributed by atoms with E-state index >= 15 is 0 Å². The average molecular weight is 407 g/mol. The molecule has 156 valence electrons. The Bertz CT molecular complexity index is 976. The van der Waals surface area contributed by atoms with Crippen molar-refractivity contribution in [2.24, 2.45) is 0 Å². The summed E-state index contributed by atoms with van der Waals surface area (Å²) in [5.74, 6) is 2.15. The molecule has 1 amide bonds. The maximum Gasteiger partial charge on any atom is 0.260 e. The van der Waals surface area contributed by atoms with E-state index in [1.54, 1.807) is 7.11 Å². The van der Waals surface area contributed by atoms with Crippen LogP contribution in [-0.4, -0.2) is 47.8 Å². The summed E-state index contributed by atoms with van der Waals surface area (Å²) in [4.78, 5) is 19.0. The van der Waals surface area contributed by atoms with Gasteiger partial charge in [-0.05, 0) is 49.2 Å². The Labute approximate surface area is 175 Å². The number of hydrogen-bond acceptors (Lipinski definition) is 6. The molecule has 0 radical (unpaired) electrons. The average Bonchev–Trinajstić information content (AvgIpc) is 3.12. The van der Waals surface area contributed by atoms with Crippen molar-refractivity contribution in [1.29, 1.82) is 0 Å². The van der Waals surface area contributed by atoms with Crippen LogP contribution < -0.4 is 9.47 Å². The second kappa shape index (κ2) is 9.43. The standard InChI is InChI=1S/C23H25N3O4/c1-28-18-12-10-17(11-13-18)23-24-22(25-30-23)19-8-4-5-9-20(19)29-16-21(27)26-14-6-2-3-7-15-26/h4-5,8-13H,2-3,6-7,14-16H2,1H3. The van der Waals surface area contributed by atoms with Crippen molar-refractivity contribution in [2.45, 2.75) is 25.7 Å². The third-order valence-electron chi connectivity index (χ3n) is 5.20. The molecule has 7 heteroatoms. The van der Waals surface area contributed by atoms with Crippen LogP contribution in [0.15, 0.2) is 53.1 Å². The summed E-state index contributed by atoms with van der Waals surface area (Å²) in [6.45, 7) is 1.61. The summed E-state index contributed by atoms with van der Waals surface area (Å²) < 4.78 is 16.5. The van der Waals surface area contributed by atoms with Crippen molar-refractivity contribution in [1.82, 2.24) is 15.0 Å². The van der Waals surface area contributed by atoms with E-state index < -0.39 is 0 Å². The van der Waals surface area contributed by atoms with Gasteiger partial charge in [0.1, 0.15) is 11.5 Å². The van der Waals surface area contributed by atoms with Gasteiger partial charge in [-0.25, -0.2) is 0 Å². The van der Waals surface area contributed by atoms with Gasteiger partial charge in [0.15, 0.2) is 6.61 Å². The van der Waals surface area contributed by atoms with Crippen LogP contribution >= 0.6 is 0 Å². The number of hydrogen-bond donors (Lipinski definition) is 0. The predicted octanol–water partition coefficient (Wildman–Crippen LogP) is 4.19. The first-order valence-electron chi connectivity index (χ1n) is 10.2. The summed E-state index contributed by atoms with van der Waals surface area (Å²) >= 11 is 0. The lowest BCUT2D eigenvalue weighted by atomic mass is 10.2. The highest BCUT2D eigenvalue weighted by Crippen LogP contribution is 2.30. The van der Waals surface area contributed by atoms with Crippen LogP contribution in [0.4, 0.5) is 0 Å². The number of nitrogens with zero attached hydrogens (tertiary/aromatic N) is 3. The van der Waals surface area contributed by atoms with E-state index in [2.05, 4.69) is 10.1 Å². The number of para-hydroxylation sites is 1. The van der Waals surface area contributed by atoms with Crippen LogP contribution in [0, 0.1) is 0 Å². The molecule has 1 aliphatic heterocycles. The monoisotopic (exact) mass is 407 g/mol. The fraction of sp³-hybridized carbons (Fsp3) is 0.348. The van der Waals surface area contributed by atoms with Gasteiger partial charge in [-0.2, -0.15) is 4.98 Å². The molecular formula is C23H25N3O4. The van der Waals surface area contributed by atoms with Gasteiger partial charge in [0.25, 0.3) is 11.8 Å². The number of rotatable bonds is 6. The van der Waals surface area contributed by atoms with Gasteiger partial charge in [0.2, 0.25) is 5.82 Å². The van der Waals surface area contributed by atoms with Gasteiger partial charge in [-0.15, -0.1) is 0 Å². The highest BCUT2D eigenvalue weighted by molar-refractivity contribution is 5.78. The summed E-state index contributed by atoms with van der Waals surface area (Å²) in [7, 11) is 1.62. The van der Waals surface area contributed by atoms with Crippen molar-refractivity contribution in [3.8, 4) is 34.3 Å². The van der Waals surface area contributed by atoms with E-state index in [1.807, 2.05) is 53.4 Å². The van der Waals surface area contributed by atoms with Crippen molar-refractivity contribution >= 4 is 5.91 Å². The first-order valence-corrected chi connectivity index (χ1v) is 10.2. The minimum Gasteiger partial charge on any atom is -0.497 e. The molecule has 0 saturated carbocycles. The molecule has 7 nitrogen and oxygen atoms in total. The number of benzene rings is 2.